The molecule has 2 atom stereocenters. The lowest BCUT2D eigenvalue weighted by molar-refractivity contribution is -0.156. The Balaban J connectivity index is 2.02. The standard InChI is InChI=1S/C13H23NO2/c1-3-16-12-9-11(14-10(2)15)13(12)7-5-4-6-8-13/h11-12H,3-9H2,1-2H3,(H,14,15)/t11-,12+/m1/s1. The molecular weight excluding hydrogens is 202 g/mol. The highest BCUT2D eigenvalue weighted by Crippen LogP contribution is 2.53. The van der Waals surface area contributed by atoms with Gasteiger partial charge < -0.3 is 10.1 Å². The molecule has 0 radical (unpaired) electrons. The van der Waals surface area contributed by atoms with Crippen LogP contribution in [0.1, 0.15) is 52.4 Å². The number of amides is 1. The molecule has 0 aromatic carbocycles. The number of carbonyl (C=O) groups is 1. The fourth-order valence-corrected chi connectivity index (χ4v) is 3.51. The van der Waals surface area contributed by atoms with E-state index in [9.17, 15) is 4.79 Å². The minimum Gasteiger partial charge on any atom is -0.378 e. The largest absolute Gasteiger partial charge is 0.378 e. The molecule has 2 fully saturated rings. The van der Waals surface area contributed by atoms with Crippen molar-refractivity contribution in [2.24, 2.45) is 5.41 Å². The Kier molecular flexibility index (Phi) is 3.53. The summed E-state index contributed by atoms with van der Waals surface area (Å²) in [5, 5.41) is 3.11. The van der Waals surface area contributed by atoms with Crippen LogP contribution in [0.2, 0.25) is 0 Å². The molecule has 0 heterocycles. The van der Waals surface area contributed by atoms with Crippen molar-refractivity contribution in [3.05, 3.63) is 0 Å². The van der Waals surface area contributed by atoms with Crippen molar-refractivity contribution in [2.75, 3.05) is 6.61 Å². The maximum absolute atomic E-state index is 11.2. The van der Waals surface area contributed by atoms with Gasteiger partial charge in [-0.2, -0.15) is 0 Å². The average Bonchev–Trinajstić information content (AvgIpc) is 2.28. The van der Waals surface area contributed by atoms with E-state index < -0.39 is 0 Å². The molecule has 1 amide bonds. The highest BCUT2D eigenvalue weighted by Gasteiger charge is 2.55. The first-order valence-electron chi connectivity index (χ1n) is 6.58. The second-order valence-electron chi connectivity index (χ2n) is 5.23. The van der Waals surface area contributed by atoms with Crippen molar-refractivity contribution in [1.82, 2.24) is 5.32 Å². The SMILES string of the molecule is CCO[C@H]1C[C@@H](NC(C)=O)C12CCCCC2. The first-order chi connectivity index (χ1) is 7.69. The zero-order chi connectivity index (χ0) is 11.6. The lowest BCUT2D eigenvalue weighted by atomic mass is 9.55. The Morgan fingerprint density at radius 1 is 1.38 bits per heavy atom. The molecule has 2 aliphatic carbocycles. The Hall–Kier alpha value is -0.570. The number of nitrogens with one attached hydrogen (secondary N) is 1. The third-order valence-electron chi connectivity index (χ3n) is 4.31. The third-order valence-corrected chi connectivity index (χ3v) is 4.31. The predicted molar refractivity (Wildman–Crippen MR) is 63.2 cm³/mol. The van der Waals surface area contributed by atoms with E-state index in [1.54, 1.807) is 6.92 Å². The van der Waals surface area contributed by atoms with Gasteiger partial charge in [0.1, 0.15) is 0 Å². The van der Waals surface area contributed by atoms with Crippen molar-refractivity contribution >= 4 is 5.91 Å². The maximum Gasteiger partial charge on any atom is 0.217 e. The van der Waals surface area contributed by atoms with E-state index in [1.807, 2.05) is 0 Å². The zero-order valence-electron chi connectivity index (χ0n) is 10.4. The van der Waals surface area contributed by atoms with Gasteiger partial charge in [0.15, 0.2) is 0 Å². The minimum absolute atomic E-state index is 0.102. The summed E-state index contributed by atoms with van der Waals surface area (Å²) in [6, 6.07) is 0.363. The Morgan fingerprint density at radius 3 is 2.62 bits per heavy atom. The van der Waals surface area contributed by atoms with Gasteiger partial charge in [0, 0.05) is 25.0 Å². The number of hydrogen-bond acceptors (Lipinski definition) is 2. The van der Waals surface area contributed by atoms with E-state index in [0.29, 0.717) is 12.1 Å². The molecule has 0 saturated heterocycles. The molecule has 0 aromatic rings. The monoisotopic (exact) mass is 225 g/mol. The number of ether oxygens (including phenoxy) is 1. The van der Waals surface area contributed by atoms with Crippen LogP contribution in [0, 0.1) is 5.41 Å². The van der Waals surface area contributed by atoms with Crippen molar-refractivity contribution in [3.8, 4) is 0 Å². The molecule has 3 nitrogen and oxygen atoms in total. The first-order valence-corrected chi connectivity index (χ1v) is 6.58. The molecule has 0 aromatic heterocycles. The molecule has 2 aliphatic rings. The quantitative estimate of drug-likeness (QED) is 0.800. The molecule has 0 bridgehead atoms. The summed E-state index contributed by atoms with van der Waals surface area (Å²) in [7, 11) is 0. The van der Waals surface area contributed by atoms with Gasteiger partial charge in [-0.1, -0.05) is 19.3 Å². The summed E-state index contributed by atoms with van der Waals surface area (Å²) in [6.07, 6.45) is 7.76. The van der Waals surface area contributed by atoms with Crippen molar-refractivity contribution in [3.63, 3.8) is 0 Å². The summed E-state index contributed by atoms with van der Waals surface area (Å²) in [5.74, 6) is 0.102. The van der Waals surface area contributed by atoms with E-state index in [2.05, 4.69) is 12.2 Å². The minimum atomic E-state index is 0.102. The average molecular weight is 225 g/mol. The number of hydrogen-bond donors (Lipinski definition) is 1. The van der Waals surface area contributed by atoms with Gasteiger partial charge in [-0.15, -0.1) is 0 Å². The molecule has 1 spiro atoms. The molecule has 92 valence electrons. The van der Waals surface area contributed by atoms with Crippen LogP contribution in [0.15, 0.2) is 0 Å². The van der Waals surface area contributed by atoms with Crippen LogP contribution in [-0.2, 0) is 9.53 Å². The van der Waals surface area contributed by atoms with Gasteiger partial charge in [0.2, 0.25) is 5.91 Å². The second-order valence-corrected chi connectivity index (χ2v) is 5.23. The summed E-state index contributed by atoms with van der Waals surface area (Å²) in [4.78, 5) is 11.2. The van der Waals surface area contributed by atoms with Crippen molar-refractivity contribution in [1.29, 1.82) is 0 Å². The topological polar surface area (TPSA) is 38.3 Å². The fraction of sp³-hybridized carbons (Fsp3) is 0.923. The molecule has 1 N–H and O–H groups in total. The highest BCUT2D eigenvalue weighted by atomic mass is 16.5. The normalized spacial score (nSPS) is 32.1. The van der Waals surface area contributed by atoms with Crippen LogP contribution < -0.4 is 5.32 Å². The number of rotatable bonds is 3. The molecule has 0 aliphatic heterocycles. The van der Waals surface area contributed by atoms with Crippen molar-refractivity contribution < 1.29 is 9.53 Å². The van der Waals surface area contributed by atoms with E-state index >= 15 is 0 Å². The fourth-order valence-electron chi connectivity index (χ4n) is 3.51. The molecule has 0 unspecified atom stereocenters. The summed E-state index contributed by atoms with van der Waals surface area (Å²) < 4.78 is 5.83. The van der Waals surface area contributed by atoms with Crippen molar-refractivity contribution in [2.45, 2.75) is 64.5 Å². The molecule has 16 heavy (non-hydrogen) atoms. The lowest BCUT2D eigenvalue weighted by Gasteiger charge is -2.57. The predicted octanol–water partition coefficient (Wildman–Crippen LogP) is 2.25. The van der Waals surface area contributed by atoms with Gasteiger partial charge in [-0.3, -0.25) is 4.79 Å². The molecular formula is C13H23NO2. The lowest BCUT2D eigenvalue weighted by Crippen LogP contribution is -2.65. The molecule has 3 heteroatoms. The maximum atomic E-state index is 11.2. The van der Waals surface area contributed by atoms with Crippen LogP contribution >= 0.6 is 0 Å². The smallest absolute Gasteiger partial charge is 0.217 e. The van der Waals surface area contributed by atoms with Gasteiger partial charge in [-0.25, -0.2) is 0 Å². The summed E-state index contributed by atoms with van der Waals surface area (Å²) in [6.45, 7) is 4.46. The zero-order valence-corrected chi connectivity index (χ0v) is 10.4. The van der Waals surface area contributed by atoms with Gasteiger partial charge in [-0.05, 0) is 26.2 Å². The van der Waals surface area contributed by atoms with E-state index in [1.165, 1.54) is 32.1 Å². The van der Waals surface area contributed by atoms with Crippen LogP contribution in [0.3, 0.4) is 0 Å². The number of carbonyl (C=O) groups excluding carboxylic acids is 1. The van der Waals surface area contributed by atoms with E-state index in [0.717, 1.165) is 13.0 Å². The van der Waals surface area contributed by atoms with Crippen LogP contribution in [-0.4, -0.2) is 24.7 Å². The summed E-state index contributed by atoms with van der Waals surface area (Å²) >= 11 is 0. The highest BCUT2D eigenvalue weighted by molar-refractivity contribution is 5.73. The molecule has 2 rings (SSSR count). The second kappa shape index (κ2) is 4.74. The molecule has 2 saturated carbocycles. The first kappa shape index (κ1) is 11.9. The van der Waals surface area contributed by atoms with Gasteiger partial charge in [0.05, 0.1) is 6.10 Å². The Morgan fingerprint density at radius 2 is 2.06 bits per heavy atom. The van der Waals surface area contributed by atoms with E-state index in [-0.39, 0.29) is 11.3 Å². The Bertz CT molecular complexity index is 259. The van der Waals surface area contributed by atoms with Crippen LogP contribution in [0.5, 0.6) is 0 Å². The van der Waals surface area contributed by atoms with Gasteiger partial charge in [0.25, 0.3) is 0 Å². The van der Waals surface area contributed by atoms with E-state index in [4.69, 9.17) is 4.74 Å². The summed E-state index contributed by atoms with van der Waals surface area (Å²) in [5.41, 5.74) is 0.264. The Labute approximate surface area is 97.9 Å². The van der Waals surface area contributed by atoms with Crippen LogP contribution in [0.25, 0.3) is 0 Å². The third kappa shape index (κ3) is 1.97. The van der Waals surface area contributed by atoms with Gasteiger partial charge >= 0.3 is 0 Å². The van der Waals surface area contributed by atoms with Crippen LogP contribution in [0.4, 0.5) is 0 Å².